The molecule has 0 aromatic heterocycles. The lowest BCUT2D eigenvalue weighted by Gasteiger charge is -2.40. The van der Waals surface area contributed by atoms with Crippen LogP contribution >= 0.6 is 0 Å². The Morgan fingerprint density at radius 3 is 1.09 bits per heavy atom. The Morgan fingerprint density at radius 2 is 0.716 bits per heavy atom. The number of hydrogen-bond donors (Lipinski definition) is 6. The molecule has 0 aromatic rings. The summed E-state index contributed by atoms with van der Waals surface area (Å²) >= 11 is 0. The molecule has 6 N–H and O–H groups in total. The molecule has 95 heavy (non-hydrogen) atoms. The molecule has 1 aliphatic heterocycles. The molecule has 11 nitrogen and oxygen atoms in total. The molecule has 0 bridgehead atoms. The molecule has 558 valence electrons. The van der Waals surface area contributed by atoms with Gasteiger partial charge < -0.3 is 45.1 Å². The molecule has 11 heteroatoms. The summed E-state index contributed by atoms with van der Waals surface area (Å²) in [5, 5.41) is 54.4. The van der Waals surface area contributed by atoms with Crippen molar-refractivity contribution in [1.29, 1.82) is 0 Å². The van der Waals surface area contributed by atoms with Crippen LogP contribution in [-0.2, 0) is 23.8 Å². The highest BCUT2D eigenvalue weighted by molar-refractivity contribution is 5.76. The van der Waals surface area contributed by atoms with Crippen molar-refractivity contribution < 1.29 is 49.3 Å². The molecule has 1 amide bonds. The Kier molecular flexibility index (Phi) is 69.5. The number of aliphatic hydroxyl groups is 5. The molecular weight excluding hydrogens is 1180 g/mol. The smallest absolute Gasteiger partial charge is 0.305 e. The second-order valence-electron chi connectivity index (χ2n) is 28.8. The van der Waals surface area contributed by atoms with Crippen molar-refractivity contribution in [2.45, 2.75) is 455 Å². The van der Waals surface area contributed by atoms with Crippen molar-refractivity contribution in [3.05, 3.63) is 48.6 Å². The van der Waals surface area contributed by atoms with Crippen LogP contribution in [0.1, 0.15) is 412 Å². The summed E-state index contributed by atoms with van der Waals surface area (Å²) in [5.41, 5.74) is 0. The number of aliphatic hydroxyl groups excluding tert-OH is 5. The third-order valence-corrected chi connectivity index (χ3v) is 19.7. The molecular formula is C84H157NO10. The highest BCUT2D eigenvalue weighted by Gasteiger charge is 2.44. The predicted molar refractivity (Wildman–Crippen MR) is 403 cm³/mol. The molecule has 1 saturated heterocycles. The zero-order valence-corrected chi connectivity index (χ0v) is 62.4. The lowest BCUT2D eigenvalue weighted by atomic mass is 9.99. The Balaban J connectivity index is 1.84. The fourth-order valence-corrected chi connectivity index (χ4v) is 13.2. The summed E-state index contributed by atoms with van der Waals surface area (Å²) in [4.78, 5) is 25.2. The largest absolute Gasteiger partial charge is 0.466 e. The van der Waals surface area contributed by atoms with Gasteiger partial charge in [0.2, 0.25) is 5.91 Å². The summed E-state index contributed by atoms with van der Waals surface area (Å²) in [7, 11) is 0. The van der Waals surface area contributed by atoms with Gasteiger partial charge >= 0.3 is 5.97 Å². The molecule has 0 spiro atoms. The average molecular weight is 1340 g/mol. The molecule has 1 rings (SSSR count). The maximum absolute atomic E-state index is 13.0. The topological polar surface area (TPSA) is 175 Å². The minimum Gasteiger partial charge on any atom is -0.466 e. The zero-order valence-electron chi connectivity index (χ0n) is 62.4. The number of nitrogens with one attached hydrogen (secondary N) is 1. The third-order valence-electron chi connectivity index (χ3n) is 19.7. The van der Waals surface area contributed by atoms with Crippen LogP contribution in [0, 0.1) is 0 Å². The van der Waals surface area contributed by atoms with Crippen LogP contribution in [0.4, 0.5) is 0 Å². The number of hydrogen-bond acceptors (Lipinski definition) is 10. The molecule has 1 aliphatic rings. The van der Waals surface area contributed by atoms with E-state index in [4.69, 9.17) is 14.2 Å². The number of rotatable bonds is 74. The minimum absolute atomic E-state index is 0.0215. The van der Waals surface area contributed by atoms with Crippen LogP contribution in [0.3, 0.4) is 0 Å². The molecule has 0 saturated carbocycles. The first kappa shape index (κ1) is 90.6. The van der Waals surface area contributed by atoms with E-state index in [0.717, 1.165) is 64.2 Å². The van der Waals surface area contributed by atoms with Crippen molar-refractivity contribution in [3.8, 4) is 0 Å². The highest BCUT2D eigenvalue weighted by atomic mass is 16.7. The summed E-state index contributed by atoms with van der Waals surface area (Å²) in [6.45, 7) is 4.26. The van der Waals surface area contributed by atoms with Crippen LogP contribution in [-0.4, -0.2) is 100 Å². The molecule has 0 aliphatic carbocycles. The van der Waals surface area contributed by atoms with Crippen molar-refractivity contribution in [2.75, 3.05) is 19.8 Å². The maximum Gasteiger partial charge on any atom is 0.305 e. The van der Waals surface area contributed by atoms with E-state index in [0.29, 0.717) is 19.4 Å². The monoisotopic (exact) mass is 1340 g/mol. The molecule has 7 atom stereocenters. The minimum atomic E-state index is -1.58. The standard InChI is InChI=1S/C84H157NO10/c1-3-5-7-9-11-13-15-16-17-18-43-46-49-52-56-60-64-68-72-80(89)93-73-69-65-61-57-53-50-47-44-41-39-37-35-33-31-29-27-25-23-21-19-20-22-24-26-28-30-32-34-36-38-40-42-45-48-51-55-59-63-67-71-79(88)85-76(75-94-84-83(92)82(91)81(90)78(74-86)95-84)77(87)70-66-62-58-54-14-12-10-8-6-4-2/h6,8,14,19-20,54,66,70,76-78,81-84,86-87,90-92H,3-5,7,9-13,15-18,21-53,55-65,67-69,71-75H2,1-2H3,(H,85,88)/b8-6+,20-19-,54-14+,70-66+. The summed E-state index contributed by atoms with van der Waals surface area (Å²) in [5.74, 6) is -0.171. The Morgan fingerprint density at radius 1 is 0.389 bits per heavy atom. The van der Waals surface area contributed by atoms with Crippen molar-refractivity contribution in [2.24, 2.45) is 0 Å². The lowest BCUT2D eigenvalue weighted by molar-refractivity contribution is -0.302. The van der Waals surface area contributed by atoms with Gasteiger partial charge in [0.05, 0.1) is 32.0 Å². The van der Waals surface area contributed by atoms with Gasteiger partial charge in [0.15, 0.2) is 6.29 Å². The summed E-state index contributed by atoms with van der Waals surface area (Å²) in [6.07, 6.45) is 87.6. The van der Waals surface area contributed by atoms with Gasteiger partial charge in [-0.1, -0.05) is 371 Å². The number of ether oxygens (including phenoxy) is 3. The Bertz CT molecular complexity index is 1720. The van der Waals surface area contributed by atoms with Gasteiger partial charge in [-0.25, -0.2) is 0 Å². The van der Waals surface area contributed by atoms with Crippen LogP contribution in [0.2, 0.25) is 0 Å². The van der Waals surface area contributed by atoms with Crippen molar-refractivity contribution in [1.82, 2.24) is 5.32 Å². The first-order chi connectivity index (χ1) is 46.7. The normalized spacial score (nSPS) is 17.6. The van der Waals surface area contributed by atoms with Gasteiger partial charge in [-0.05, 0) is 77.0 Å². The fourth-order valence-electron chi connectivity index (χ4n) is 13.2. The average Bonchev–Trinajstić information content (AvgIpc) is 0.872. The van der Waals surface area contributed by atoms with Crippen LogP contribution in [0.25, 0.3) is 0 Å². The number of allylic oxidation sites excluding steroid dienone is 7. The predicted octanol–water partition coefficient (Wildman–Crippen LogP) is 22.6. The number of carbonyl (C=O) groups excluding carboxylic acids is 2. The number of amides is 1. The maximum atomic E-state index is 13.0. The molecule has 7 unspecified atom stereocenters. The first-order valence-electron chi connectivity index (χ1n) is 41.4. The number of esters is 1. The fraction of sp³-hybridized carbons (Fsp3) is 0.881. The van der Waals surface area contributed by atoms with E-state index in [1.54, 1.807) is 6.08 Å². The van der Waals surface area contributed by atoms with Crippen LogP contribution in [0.15, 0.2) is 48.6 Å². The van der Waals surface area contributed by atoms with Gasteiger partial charge in [-0.2, -0.15) is 0 Å². The van der Waals surface area contributed by atoms with Gasteiger partial charge in [0.1, 0.15) is 24.4 Å². The van der Waals surface area contributed by atoms with Crippen LogP contribution in [0.5, 0.6) is 0 Å². The van der Waals surface area contributed by atoms with Crippen molar-refractivity contribution in [3.63, 3.8) is 0 Å². The van der Waals surface area contributed by atoms with E-state index >= 15 is 0 Å². The van der Waals surface area contributed by atoms with E-state index in [1.807, 2.05) is 6.08 Å². The van der Waals surface area contributed by atoms with Gasteiger partial charge in [0, 0.05) is 12.8 Å². The highest BCUT2D eigenvalue weighted by Crippen LogP contribution is 2.24. The third kappa shape index (κ3) is 61.2. The quantitative estimate of drug-likeness (QED) is 0.0195. The first-order valence-corrected chi connectivity index (χ1v) is 41.4. The zero-order chi connectivity index (χ0) is 68.6. The number of unbranched alkanes of at least 4 members (excludes halogenated alkanes) is 54. The van der Waals surface area contributed by atoms with E-state index in [2.05, 4.69) is 55.6 Å². The molecule has 1 fully saturated rings. The number of carbonyl (C=O) groups is 2. The summed E-state index contributed by atoms with van der Waals surface area (Å²) in [6, 6.07) is -0.831. The van der Waals surface area contributed by atoms with Crippen molar-refractivity contribution >= 4 is 11.9 Å². The second-order valence-corrected chi connectivity index (χ2v) is 28.8. The second kappa shape index (κ2) is 72.9. The molecule has 0 radical (unpaired) electrons. The Labute approximate surface area is 586 Å². The summed E-state index contributed by atoms with van der Waals surface area (Å²) < 4.78 is 16.7. The van der Waals surface area contributed by atoms with E-state index in [1.165, 1.54) is 321 Å². The van der Waals surface area contributed by atoms with Gasteiger partial charge in [-0.15, -0.1) is 0 Å². The van der Waals surface area contributed by atoms with Crippen LogP contribution < -0.4 is 5.32 Å². The molecule has 0 aromatic carbocycles. The van der Waals surface area contributed by atoms with E-state index < -0.39 is 49.5 Å². The Hall–Kier alpha value is -2.38. The van der Waals surface area contributed by atoms with E-state index in [9.17, 15) is 35.1 Å². The van der Waals surface area contributed by atoms with E-state index in [-0.39, 0.29) is 18.5 Å². The van der Waals surface area contributed by atoms with Gasteiger partial charge in [-0.3, -0.25) is 9.59 Å². The van der Waals surface area contributed by atoms with Gasteiger partial charge in [0.25, 0.3) is 0 Å². The molecule has 1 heterocycles. The SMILES string of the molecule is CC/C=C/CC/C=C/CC/C=C/C(O)C(COC1OC(CO)C(O)C(O)C1O)NC(=O)CCCCCCCCCCCCCCCCCCC/C=C\CCCCCCCCCCCCCCCCCCCCOC(=O)CCCCCCCCCCCCCCCCCCCC. The lowest BCUT2D eigenvalue weighted by Crippen LogP contribution is -2.60.